The molecular formula is C23H28N2O4S. The molecule has 0 aromatic heterocycles. The van der Waals surface area contributed by atoms with Crippen LogP contribution in [0.4, 0.5) is 5.69 Å². The second-order valence-electron chi connectivity index (χ2n) is 8.32. The molecule has 0 bridgehead atoms. The SMILES string of the molecule is Cc1ccccc1C1(CNC(=O)c2ccc3c(c2)CCN3S(C)(=O)=O)CCOCC1. The number of amides is 1. The van der Waals surface area contributed by atoms with Gasteiger partial charge in [0, 0.05) is 37.3 Å². The fourth-order valence-corrected chi connectivity index (χ4v) is 5.64. The number of nitrogens with one attached hydrogen (secondary N) is 1. The lowest BCUT2D eigenvalue weighted by Gasteiger charge is -2.39. The van der Waals surface area contributed by atoms with Crippen LogP contribution in [0.5, 0.6) is 0 Å². The average Bonchev–Trinajstić information content (AvgIpc) is 3.17. The first-order chi connectivity index (χ1) is 14.3. The Hall–Kier alpha value is -2.38. The van der Waals surface area contributed by atoms with Crippen molar-refractivity contribution in [2.45, 2.75) is 31.6 Å². The lowest BCUT2D eigenvalue weighted by atomic mass is 9.72. The number of ether oxygens (including phenoxy) is 1. The summed E-state index contributed by atoms with van der Waals surface area (Å²) in [5, 5.41) is 3.14. The molecule has 7 heteroatoms. The molecule has 2 heterocycles. The number of anilines is 1. The van der Waals surface area contributed by atoms with Crippen LogP contribution < -0.4 is 9.62 Å². The van der Waals surface area contributed by atoms with E-state index < -0.39 is 10.0 Å². The summed E-state index contributed by atoms with van der Waals surface area (Å²) in [5.41, 5.74) is 4.50. The number of sulfonamides is 1. The van der Waals surface area contributed by atoms with E-state index in [9.17, 15) is 13.2 Å². The van der Waals surface area contributed by atoms with Gasteiger partial charge in [0.25, 0.3) is 5.91 Å². The number of hydrogen-bond acceptors (Lipinski definition) is 4. The Balaban J connectivity index is 1.53. The van der Waals surface area contributed by atoms with E-state index in [1.807, 2.05) is 12.1 Å². The van der Waals surface area contributed by atoms with Crippen molar-refractivity contribution in [3.05, 3.63) is 64.7 Å². The Kier molecular flexibility index (Phi) is 5.59. The molecule has 2 aromatic rings. The third-order valence-electron chi connectivity index (χ3n) is 6.35. The van der Waals surface area contributed by atoms with Crippen molar-refractivity contribution in [3.8, 4) is 0 Å². The average molecular weight is 429 g/mol. The predicted molar refractivity (Wildman–Crippen MR) is 118 cm³/mol. The van der Waals surface area contributed by atoms with Gasteiger partial charge in [0.1, 0.15) is 0 Å². The molecule has 4 rings (SSSR count). The summed E-state index contributed by atoms with van der Waals surface area (Å²) < 4.78 is 30.9. The smallest absolute Gasteiger partial charge is 0.251 e. The second-order valence-corrected chi connectivity index (χ2v) is 10.2. The van der Waals surface area contributed by atoms with Gasteiger partial charge in [0.2, 0.25) is 10.0 Å². The maximum absolute atomic E-state index is 12.9. The van der Waals surface area contributed by atoms with Gasteiger partial charge in [-0.2, -0.15) is 0 Å². The van der Waals surface area contributed by atoms with Crippen LogP contribution in [0.3, 0.4) is 0 Å². The molecule has 0 unspecified atom stereocenters. The van der Waals surface area contributed by atoms with Crippen molar-refractivity contribution in [3.63, 3.8) is 0 Å². The summed E-state index contributed by atoms with van der Waals surface area (Å²) in [6.07, 6.45) is 3.56. The number of aryl methyl sites for hydroxylation is 1. The molecular weight excluding hydrogens is 400 g/mol. The minimum Gasteiger partial charge on any atom is -0.381 e. The zero-order valence-electron chi connectivity index (χ0n) is 17.5. The van der Waals surface area contributed by atoms with Gasteiger partial charge in [-0.15, -0.1) is 0 Å². The van der Waals surface area contributed by atoms with E-state index in [0.29, 0.717) is 44.0 Å². The molecule has 1 amide bonds. The minimum absolute atomic E-state index is 0.130. The largest absolute Gasteiger partial charge is 0.381 e. The number of nitrogens with zero attached hydrogens (tertiary/aromatic N) is 1. The molecule has 1 saturated heterocycles. The van der Waals surface area contributed by atoms with Gasteiger partial charge < -0.3 is 10.1 Å². The predicted octanol–water partition coefficient (Wildman–Crippen LogP) is 2.80. The standard InChI is InChI=1S/C23H28N2O4S/c1-17-5-3-4-6-20(17)23(10-13-29-14-11-23)16-24-22(26)19-7-8-21-18(15-19)9-12-25(21)30(2,27)28/h3-8,15H,9-14,16H2,1-2H3,(H,24,26). The van der Waals surface area contributed by atoms with Gasteiger partial charge in [-0.05, 0) is 61.1 Å². The Morgan fingerprint density at radius 2 is 1.90 bits per heavy atom. The normalized spacial score (nSPS) is 18.1. The van der Waals surface area contributed by atoms with Crippen LogP contribution in [0.2, 0.25) is 0 Å². The van der Waals surface area contributed by atoms with E-state index in [0.717, 1.165) is 18.4 Å². The molecule has 30 heavy (non-hydrogen) atoms. The highest BCUT2D eigenvalue weighted by atomic mass is 32.2. The molecule has 6 nitrogen and oxygen atoms in total. The maximum atomic E-state index is 12.9. The van der Waals surface area contributed by atoms with Gasteiger partial charge in [-0.3, -0.25) is 9.10 Å². The highest BCUT2D eigenvalue weighted by Crippen LogP contribution is 2.36. The van der Waals surface area contributed by atoms with Crippen LogP contribution >= 0.6 is 0 Å². The van der Waals surface area contributed by atoms with Gasteiger partial charge >= 0.3 is 0 Å². The highest BCUT2D eigenvalue weighted by Gasteiger charge is 2.36. The lowest BCUT2D eigenvalue weighted by molar-refractivity contribution is 0.0485. The molecule has 0 saturated carbocycles. The van der Waals surface area contributed by atoms with Crippen LogP contribution in [0, 0.1) is 6.92 Å². The molecule has 2 aliphatic rings. The fourth-order valence-electron chi connectivity index (χ4n) is 4.68. The molecule has 160 valence electrons. The van der Waals surface area contributed by atoms with Gasteiger partial charge in [-0.25, -0.2) is 8.42 Å². The van der Waals surface area contributed by atoms with Crippen molar-refractivity contribution in [1.29, 1.82) is 0 Å². The summed E-state index contributed by atoms with van der Waals surface area (Å²) in [6.45, 7) is 4.46. The van der Waals surface area contributed by atoms with Crippen LogP contribution in [-0.2, 0) is 26.6 Å². The first kappa shape index (κ1) is 20.9. The van der Waals surface area contributed by atoms with E-state index in [4.69, 9.17) is 4.74 Å². The summed E-state index contributed by atoms with van der Waals surface area (Å²) in [4.78, 5) is 12.9. The van der Waals surface area contributed by atoms with E-state index in [1.54, 1.807) is 12.1 Å². The summed E-state index contributed by atoms with van der Waals surface area (Å²) in [7, 11) is -3.30. The van der Waals surface area contributed by atoms with Crippen LogP contribution in [-0.4, -0.2) is 46.9 Å². The van der Waals surface area contributed by atoms with Gasteiger partial charge in [-0.1, -0.05) is 24.3 Å². The summed E-state index contributed by atoms with van der Waals surface area (Å²) in [5.74, 6) is -0.130. The molecule has 2 aromatic carbocycles. The Morgan fingerprint density at radius 1 is 1.17 bits per heavy atom. The zero-order chi connectivity index (χ0) is 21.4. The molecule has 0 spiro atoms. The molecule has 1 fully saturated rings. The highest BCUT2D eigenvalue weighted by molar-refractivity contribution is 7.92. The van der Waals surface area contributed by atoms with Crippen molar-refractivity contribution in [2.75, 3.05) is 36.9 Å². The van der Waals surface area contributed by atoms with Crippen molar-refractivity contribution in [2.24, 2.45) is 0 Å². The summed E-state index contributed by atoms with van der Waals surface area (Å²) in [6, 6.07) is 13.6. The number of rotatable bonds is 5. The quantitative estimate of drug-likeness (QED) is 0.795. The topological polar surface area (TPSA) is 75.7 Å². The van der Waals surface area contributed by atoms with Crippen LogP contribution in [0.1, 0.15) is 39.9 Å². The fraction of sp³-hybridized carbons (Fsp3) is 0.435. The van der Waals surface area contributed by atoms with Crippen molar-refractivity contribution in [1.82, 2.24) is 5.32 Å². The molecule has 0 aliphatic carbocycles. The molecule has 2 aliphatic heterocycles. The first-order valence-electron chi connectivity index (χ1n) is 10.3. The van der Waals surface area contributed by atoms with E-state index in [1.165, 1.54) is 21.7 Å². The third-order valence-corrected chi connectivity index (χ3v) is 7.53. The summed E-state index contributed by atoms with van der Waals surface area (Å²) >= 11 is 0. The number of benzene rings is 2. The van der Waals surface area contributed by atoms with Crippen molar-refractivity contribution >= 4 is 21.6 Å². The maximum Gasteiger partial charge on any atom is 0.251 e. The monoisotopic (exact) mass is 428 g/mol. The number of hydrogen-bond donors (Lipinski definition) is 1. The lowest BCUT2D eigenvalue weighted by Crippen LogP contribution is -2.45. The number of fused-ring (bicyclic) bond motifs is 1. The van der Waals surface area contributed by atoms with E-state index in [2.05, 4.69) is 30.4 Å². The van der Waals surface area contributed by atoms with Crippen molar-refractivity contribution < 1.29 is 17.9 Å². The second kappa shape index (κ2) is 8.04. The Bertz CT molecular complexity index is 1060. The van der Waals surface area contributed by atoms with Crippen LogP contribution in [0.25, 0.3) is 0 Å². The Labute approximate surface area is 178 Å². The first-order valence-corrected chi connectivity index (χ1v) is 12.2. The Morgan fingerprint density at radius 3 is 2.60 bits per heavy atom. The van der Waals surface area contributed by atoms with Gasteiger partial charge in [0.05, 0.1) is 11.9 Å². The van der Waals surface area contributed by atoms with Gasteiger partial charge in [0.15, 0.2) is 0 Å². The number of carbonyl (C=O) groups excluding carboxylic acids is 1. The third kappa shape index (κ3) is 3.96. The van der Waals surface area contributed by atoms with Crippen LogP contribution in [0.15, 0.2) is 42.5 Å². The zero-order valence-corrected chi connectivity index (χ0v) is 18.3. The van der Waals surface area contributed by atoms with E-state index in [-0.39, 0.29) is 11.3 Å². The molecule has 1 N–H and O–H groups in total. The molecule has 0 radical (unpaired) electrons. The minimum atomic E-state index is -3.30. The van der Waals surface area contributed by atoms with E-state index >= 15 is 0 Å². The number of carbonyl (C=O) groups is 1. The molecule has 0 atom stereocenters.